The Morgan fingerprint density at radius 2 is 2.21 bits per heavy atom. The van der Waals surface area contributed by atoms with Gasteiger partial charge in [-0.3, -0.25) is 0 Å². The lowest BCUT2D eigenvalue weighted by atomic mass is 10.2. The number of hydrogen-bond acceptors (Lipinski definition) is 5. The average Bonchev–Trinajstić information content (AvgIpc) is 2.92. The largest absolute Gasteiger partial charge is 0.367 e. The Morgan fingerprint density at radius 1 is 1.32 bits per heavy atom. The van der Waals surface area contributed by atoms with Crippen molar-refractivity contribution < 1.29 is 9.26 Å². The zero-order valence-corrected chi connectivity index (χ0v) is 11.4. The monoisotopic (exact) mass is 299 g/mol. The van der Waals surface area contributed by atoms with Crippen molar-refractivity contribution in [3.8, 4) is 11.5 Å². The summed E-state index contributed by atoms with van der Waals surface area (Å²) in [5, 5.41) is 8.00. The van der Waals surface area contributed by atoms with Gasteiger partial charge in [0.05, 0.1) is 22.2 Å². The first-order chi connectivity index (χ1) is 9.25. The number of nitrogens with one attached hydrogen (secondary N) is 1. The molecule has 1 atom stereocenters. The van der Waals surface area contributed by atoms with Crippen LogP contribution in [0.4, 0.5) is 0 Å². The topological polar surface area (TPSA) is 60.2 Å². The summed E-state index contributed by atoms with van der Waals surface area (Å²) in [5.74, 6) is 0.856. The highest BCUT2D eigenvalue weighted by atomic mass is 35.5. The number of ether oxygens (including phenoxy) is 1. The summed E-state index contributed by atoms with van der Waals surface area (Å²) in [4.78, 5) is 4.32. The maximum Gasteiger partial charge on any atom is 0.259 e. The molecule has 0 saturated carbocycles. The molecule has 1 aromatic carbocycles. The fourth-order valence-corrected chi connectivity index (χ4v) is 2.26. The van der Waals surface area contributed by atoms with E-state index in [1.807, 2.05) is 0 Å². The van der Waals surface area contributed by atoms with E-state index >= 15 is 0 Å². The van der Waals surface area contributed by atoms with E-state index in [0.29, 0.717) is 40.5 Å². The molecule has 5 nitrogen and oxygen atoms in total. The molecule has 0 amide bonds. The van der Waals surface area contributed by atoms with Gasteiger partial charge in [0, 0.05) is 13.1 Å². The minimum atomic E-state index is -0.191. The molecule has 0 radical (unpaired) electrons. The molecule has 2 aromatic rings. The van der Waals surface area contributed by atoms with Gasteiger partial charge in [-0.25, -0.2) is 0 Å². The number of hydrogen-bond donors (Lipinski definition) is 1. The smallest absolute Gasteiger partial charge is 0.259 e. The van der Waals surface area contributed by atoms with E-state index in [-0.39, 0.29) is 6.10 Å². The molecule has 100 valence electrons. The second-order valence-electron chi connectivity index (χ2n) is 4.12. The summed E-state index contributed by atoms with van der Waals surface area (Å²) >= 11 is 12.1. The van der Waals surface area contributed by atoms with Crippen molar-refractivity contribution >= 4 is 23.2 Å². The summed E-state index contributed by atoms with van der Waals surface area (Å²) in [6, 6.07) is 5.27. The summed E-state index contributed by atoms with van der Waals surface area (Å²) in [5.41, 5.74) is 0.622. The SMILES string of the molecule is Clc1cccc(-c2nc(C3CNCCO3)no2)c1Cl. The number of aromatic nitrogens is 2. The molecule has 0 aliphatic carbocycles. The molecule has 1 N–H and O–H groups in total. The number of morpholine rings is 1. The van der Waals surface area contributed by atoms with E-state index in [1.165, 1.54) is 0 Å². The van der Waals surface area contributed by atoms with Gasteiger partial charge in [0.25, 0.3) is 5.89 Å². The minimum absolute atomic E-state index is 0.191. The lowest BCUT2D eigenvalue weighted by Crippen LogP contribution is -2.33. The minimum Gasteiger partial charge on any atom is -0.367 e. The Kier molecular flexibility index (Phi) is 3.70. The normalized spacial score (nSPS) is 19.6. The van der Waals surface area contributed by atoms with E-state index < -0.39 is 0 Å². The van der Waals surface area contributed by atoms with Gasteiger partial charge in [0.1, 0.15) is 6.10 Å². The van der Waals surface area contributed by atoms with Crippen LogP contribution in [0.15, 0.2) is 22.7 Å². The zero-order valence-electron chi connectivity index (χ0n) is 9.90. The summed E-state index contributed by atoms with van der Waals surface area (Å²) in [7, 11) is 0. The molecule has 1 aromatic heterocycles. The third-order valence-corrected chi connectivity index (χ3v) is 3.66. The second kappa shape index (κ2) is 5.46. The molecule has 2 heterocycles. The molecule has 3 rings (SSSR count). The van der Waals surface area contributed by atoms with Gasteiger partial charge in [-0.05, 0) is 12.1 Å². The number of nitrogens with zero attached hydrogens (tertiary/aromatic N) is 2. The molecular formula is C12H11Cl2N3O2. The van der Waals surface area contributed by atoms with E-state index in [1.54, 1.807) is 18.2 Å². The number of benzene rings is 1. The summed E-state index contributed by atoms with van der Waals surface area (Å²) in [6.45, 7) is 2.13. The Hall–Kier alpha value is -1.14. The van der Waals surface area contributed by atoms with E-state index in [2.05, 4.69) is 15.5 Å². The molecule has 0 spiro atoms. The standard InChI is InChI=1S/C12H11Cl2N3O2/c13-8-3-1-2-7(10(8)14)12-16-11(17-19-12)9-6-15-4-5-18-9/h1-3,9,15H,4-6H2. The first-order valence-electron chi connectivity index (χ1n) is 5.86. The molecule has 1 saturated heterocycles. The fourth-order valence-electron chi connectivity index (χ4n) is 1.88. The van der Waals surface area contributed by atoms with Crippen LogP contribution in [0.3, 0.4) is 0 Å². The van der Waals surface area contributed by atoms with Crippen LogP contribution >= 0.6 is 23.2 Å². The van der Waals surface area contributed by atoms with Crippen molar-refractivity contribution in [2.24, 2.45) is 0 Å². The van der Waals surface area contributed by atoms with E-state index in [0.717, 1.165) is 6.54 Å². The van der Waals surface area contributed by atoms with Gasteiger partial charge in [-0.15, -0.1) is 0 Å². The van der Waals surface area contributed by atoms with Crippen LogP contribution in [0, 0.1) is 0 Å². The summed E-state index contributed by atoms with van der Waals surface area (Å²) < 4.78 is 10.8. The molecular weight excluding hydrogens is 289 g/mol. The van der Waals surface area contributed by atoms with E-state index in [4.69, 9.17) is 32.5 Å². The van der Waals surface area contributed by atoms with Gasteiger partial charge in [0.2, 0.25) is 5.82 Å². The quantitative estimate of drug-likeness (QED) is 0.924. The number of halogens is 2. The van der Waals surface area contributed by atoms with Gasteiger partial charge in [0.15, 0.2) is 0 Å². The van der Waals surface area contributed by atoms with Crippen LogP contribution in [0.1, 0.15) is 11.9 Å². The Balaban J connectivity index is 1.90. The van der Waals surface area contributed by atoms with Crippen LogP contribution < -0.4 is 5.32 Å². The maximum absolute atomic E-state index is 6.12. The highest BCUT2D eigenvalue weighted by molar-refractivity contribution is 6.43. The van der Waals surface area contributed by atoms with Crippen molar-refractivity contribution in [2.45, 2.75) is 6.10 Å². The predicted molar refractivity (Wildman–Crippen MR) is 71.3 cm³/mol. The van der Waals surface area contributed by atoms with Crippen LogP contribution in [-0.4, -0.2) is 29.8 Å². The molecule has 0 bridgehead atoms. The van der Waals surface area contributed by atoms with Crippen molar-refractivity contribution in [1.29, 1.82) is 0 Å². The second-order valence-corrected chi connectivity index (χ2v) is 4.91. The Bertz CT molecular complexity index is 582. The highest BCUT2D eigenvalue weighted by Crippen LogP contribution is 2.33. The van der Waals surface area contributed by atoms with Crippen molar-refractivity contribution in [2.75, 3.05) is 19.7 Å². The van der Waals surface area contributed by atoms with Gasteiger partial charge >= 0.3 is 0 Å². The lowest BCUT2D eigenvalue weighted by molar-refractivity contribution is 0.0208. The first-order valence-corrected chi connectivity index (χ1v) is 6.61. The van der Waals surface area contributed by atoms with Gasteiger partial charge in [-0.2, -0.15) is 4.98 Å². The number of rotatable bonds is 2. The Labute approximate surface area is 119 Å². The zero-order chi connectivity index (χ0) is 13.2. The molecule has 7 heteroatoms. The van der Waals surface area contributed by atoms with E-state index in [9.17, 15) is 0 Å². The van der Waals surface area contributed by atoms with Crippen LogP contribution in [0.25, 0.3) is 11.5 Å². The maximum atomic E-state index is 6.12. The molecule has 1 fully saturated rings. The average molecular weight is 300 g/mol. The van der Waals surface area contributed by atoms with Gasteiger partial charge in [-0.1, -0.05) is 34.4 Å². The third kappa shape index (κ3) is 2.60. The molecule has 1 aliphatic rings. The molecule has 1 aliphatic heterocycles. The first kappa shape index (κ1) is 12.9. The Morgan fingerprint density at radius 3 is 3.00 bits per heavy atom. The van der Waals surface area contributed by atoms with Crippen LogP contribution in [0.2, 0.25) is 10.0 Å². The summed E-state index contributed by atoms with van der Waals surface area (Å²) in [6.07, 6.45) is -0.191. The molecule has 1 unspecified atom stereocenters. The van der Waals surface area contributed by atoms with Gasteiger partial charge < -0.3 is 14.6 Å². The fraction of sp³-hybridized carbons (Fsp3) is 0.333. The van der Waals surface area contributed by atoms with Crippen LogP contribution in [0.5, 0.6) is 0 Å². The highest BCUT2D eigenvalue weighted by Gasteiger charge is 2.22. The third-order valence-electron chi connectivity index (χ3n) is 2.84. The molecule has 19 heavy (non-hydrogen) atoms. The van der Waals surface area contributed by atoms with Crippen molar-refractivity contribution in [3.05, 3.63) is 34.1 Å². The van der Waals surface area contributed by atoms with Crippen LogP contribution in [-0.2, 0) is 4.74 Å². The van der Waals surface area contributed by atoms with Crippen molar-refractivity contribution in [1.82, 2.24) is 15.5 Å². The predicted octanol–water partition coefficient (Wildman–Crippen LogP) is 2.70. The van der Waals surface area contributed by atoms with Crippen molar-refractivity contribution in [3.63, 3.8) is 0 Å². The lowest BCUT2D eigenvalue weighted by Gasteiger charge is -2.20.